The Hall–Kier alpha value is -3.46. The average molecular weight is 573 g/mol. The van der Waals surface area contributed by atoms with Crippen molar-refractivity contribution in [1.29, 1.82) is 0 Å². The van der Waals surface area contributed by atoms with E-state index in [1.165, 1.54) is 30.5 Å². The smallest absolute Gasteiger partial charge is 0.269 e. The van der Waals surface area contributed by atoms with Crippen LogP contribution in [0.2, 0.25) is 0 Å². The maximum atomic E-state index is 13.5. The molecule has 39 heavy (non-hydrogen) atoms. The molecule has 2 aliphatic rings. The van der Waals surface area contributed by atoms with Gasteiger partial charge >= 0.3 is 0 Å². The van der Waals surface area contributed by atoms with Gasteiger partial charge in [-0.3, -0.25) is 9.52 Å². The van der Waals surface area contributed by atoms with Crippen LogP contribution in [0.4, 0.5) is 40.7 Å². The average Bonchev–Trinajstić information content (AvgIpc) is 2.88. The number of aliphatic hydroxyl groups is 1. The van der Waals surface area contributed by atoms with Gasteiger partial charge in [0.1, 0.15) is 5.82 Å². The molecule has 2 saturated heterocycles. The molecule has 0 aliphatic carbocycles. The summed E-state index contributed by atoms with van der Waals surface area (Å²) in [5.74, 6) is -3.53. The number of aliphatic hydroxyl groups excluding tert-OH is 1. The van der Waals surface area contributed by atoms with Gasteiger partial charge in [-0.2, -0.15) is 13.8 Å². The molecule has 1 aromatic carbocycles. The minimum Gasteiger partial charge on any atom is -0.395 e. The maximum absolute atomic E-state index is 13.5. The van der Waals surface area contributed by atoms with E-state index in [0.29, 0.717) is 5.69 Å². The molecule has 2 aromatic rings. The third-order valence-electron chi connectivity index (χ3n) is 6.51. The SMILES string of the molecule is O=C(Nc1ccnc(N2CCC(F)(F)CC2)n1)c1ccc(NS(=O)(=O)CCO)cc1N1CCC(=C(F)F)CC1. The lowest BCUT2D eigenvalue weighted by Crippen LogP contribution is -2.40. The summed E-state index contributed by atoms with van der Waals surface area (Å²) in [6.45, 7) is -0.103. The summed E-state index contributed by atoms with van der Waals surface area (Å²) < 4.78 is 79.8. The van der Waals surface area contributed by atoms with Crippen molar-refractivity contribution >= 4 is 39.1 Å². The van der Waals surface area contributed by atoms with E-state index in [9.17, 15) is 30.8 Å². The van der Waals surface area contributed by atoms with Crippen molar-refractivity contribution in [3.05, 3.63) is 47.7 Å². The molecule has 3 heterocycles. The summed E-state index contributed by atoms with van der Waals surface area (Å²) in [4.78, 5) is 25.0. The van der Waals surface area contributed by atoms with Crippen molar-refractivity contribution in [2.24, 2.45) is 0 Å². The number of alkyl halides is 2. The molecule has 0 atom stereocenters. The van der Waals surface area contributed by atoms with E-state index in [1.54, 1.807) is 9.80 Å². The zero-order valence-electron chi connectivity index (χ0n) is 20.8. The number of aromatic nitrogens is 2. The molecule has 0 saturated carbocycles. The van der Waals surface area contributed by atoms with Crippen LogP contribution in [0, 0.1) is 0 Å². The van der Waals surface area contributed by atoms with Crippen LogP contribution < -0.4 is 19.8 Å². The number of rotatable bonds is 8. The van der Waals surface area contributed by atoms with Crippen LogP contribution in [-0.2, 0) is 10.0 Å². The first-order valence-electron chi connectivity index (χ1n) is 12.3. The van der Waals surface area contributed by atoms with Crippen LogP contribution in [0.15, 0.2) is 42.1 Å². The zero-order chi connectivity index (χ0) is 28.2. The highest BCUT2D eigenvalue weighted by atomic mass is 32.2. The second kappa shape index (κ2) is 11.7. The van der Waals surface area contributed by atoms with Crippen LogP contribution in [-0.4, -0.2) is 73.9 Å². The van der Waals surface area contributed by atoms with Crippen LogP contribution in [0.3, 0.4) is 0 Å². The van der Waals surface area contributed by atoms with Crippen LogP contribution in [0.1, 0.15) is 36.0 Å². The van der Waals surface area contributed by atoms with Crippen LogP contribution in [0.5, 0.6) is 0 Å². The van der Waals surface area contributed by atoms with Gasteiger partial charge in [-0.1, -0.05) is 0 Å². The Labute approximate surface area is 222 Å². The van der Waals surface area contributed by atoms with E-state index >= 15 is 0 Å². The molecule has 0 radical (unpaired) electrons. The molecule has 0 spiro atoms. The Kier molecular flexibility index (Phi) is 8.59. The first kappa shape index (κ1) is 28.5. The summed E-state index contributed by atoms with van der Waals surface area (Å²) in [6.07, 6.45) is -0.834. The molecule has 3 N–H and O–H groups in total. The molecule has 15 heteroatoms. The molecular formula is C24H28F4N6O4S. The molecule has 0 bridgehead atoms. The summed E-state index contributed by atoms with van der Waals surface area (Å²) in [7, 11) is -3.85. The number of nitrogens with one attached hydrogen (secondary N) is 2. The fourth-order valence-corrected chi connectivity index (χ4v) is 5.22. The normalized spacial score (nSPS) is 17.6. The quantitative estimate of drug-likeness (QED) is 0.411. The molecular weight excluding hydrogens is 544 g/mol. The minimum absolute atomic E-state index is 0.0287. The van der Waals surface area contributed by atoms with Crippen LogP contribution in [0.25, 0.3) is 0 Å². The zero-order valence-corrected chi connectivity index (χ0v) is 21.7. The standard InChI is InChI=1S/C24H28F4N6O4S/c25-21(26)16-4-9-33(10-5-16)19-15-17(32-39(37,38)14-13-35)1-2-18(19)22(36)30-20-3-8-29-23(31-20)34-11-6-24(27,28)7-12-34/h1-3,8,15,32,35H,4-7,9-14H2,(H,29,30,31,36). The van der Waals surface area contributed by atoms with E-state index in [2.05, 4.69) is 20.0 Å². The Morgan fingerprint density at radius 1 is 1.05 bits per heavy atom. The van der Waals surface area contributed by atoms with Crippen molar-refractivity contribution in [3.63, 3.8) is 0 Å². The highest BCUT2D eigenvalue weighted by molar-refractivity contribution is 7.92. The van der Waals surface area contributed by atoms with E-state index < -0.39 is 40.3 Å². The minimum atomic E-state index is -3.85. The first-order chi connectivity index (χ1) is 18.5. The molecule has 4 rings (SSSR count). The summed E-state index contributed by atoms with van der Waals surface area (Å²) in [5, 5.41) is 11.7. The lowest BCUT2D eigenvalue weighted by atomic mass is 10.0. The highest BCUT2D eigenvalue weighted by Gasteiger charge is 2.35. The topological polar surface area (TPSA) is 128 Å². The highest BCUT2D eigenvalue weighted by Crippen LogP contribution is 2.32. The maximum Gasteiger partial charge on any atom is 0.269 e. The predicted molar refractivity (Wildman–Crippen MR) is 138 cm³/mol. The number of piperidine rings is 2. The largest absolute Gasteiger partial charge is 0.395 e. The molecule has 2 fully saturated rings. The second-order valence-corrected chi connectivity index (χ2v) is 11.1. The van der Waals surface area contributed by atoms with Gasteiger partial charge in [-0.05, 0) is 42.7 Å². The van der Waals surface area contributed by atoms with Gasteiger partial charge in [0, 0.05) is 45.2 Å². The number of carbonyl (C=O) groups is 1. The monoisotopic (exact) mass is 572 g/mol. The third kappa shape index (κ3) is 7.35. The number of carbonyl (C=O) groups excluding carboxylic acids is 1. The van der Waals surface area contributed by atoms with Gasteiger partial charge < -0.3 is 20.2 Å². The van der Waals surface area contributed by atoms with Crippen molar-refractivity contribution in [2.45, 2.75) is 31.6 Å². The molecule has 10 nitrogen and oxygen atoms in total. The summed E-state index contributed by atoms with van der Waals surface area (Å²) >= 11 is 0. The van der Waals surface area contributed by atoms with Gasteiger partial charge in [-0.15, -0.1) is 0 Å². The third-order valence-corrected chi connectivity index (χ3v) is 7.78. The van der Waals surface area contributed by atoms with Gasteiger partial charge in [0.15, 0.2) is 0 Å². The van der Waals surface area contributed by atoms with Crippen LogP contribution >= 0.6 is 0 Å². The Morgan fingerprint density at radius 3 is 2.38 bits per heavy atom. The number of amides is 1. The van der Waals surface area contributed by atoms with Gasteiger partial charge in [0.2, 0.25) is 16.0 Å². The lowest BCUT2D eigenvalue weighted by molar-refractivity contribution is -0.0222. The van der Waals surface area contributed by atoms with E-state index in [4.69, 9.17) is 5.11 Å². The molecule has 2 aliphatic heterocycles. The number of hydrogen-bond donors (Lipinski definition) is 3. The number of halogens is 4. The van der Waals surface area contributed by atoms with E-state index in [0.717, 1.165) is 0 Å². The number of nitrogens with zero attached hydrogens (tertiary/aromatic N) is 4. The molecule has 1 amide bonds. The van der Waals surface area contributed by atoms with Crippen molar-refractivity contribution < 1.29 is 35.9 Å². The predicted octanol–water partition coefficient (Wildman–Crippen LogP) is 3.45. The number of sulfonamides is 1. The number of hydrogen-bond acceptors (Lipinski definition) is 8. The van der Waals surface area contributed by atoms with Crippen molar-refractivity contribution in [3.8, 4) is 0 Å². The first-order valence-corrected chi connectivity index (χ1v) is 13.9. The Balaban J connectivity index is 1.57. The van der Waals surface area contributed by atoms with Crippen molar-refractivity contribution in [1.82, 2.24) is 9.97 Å². The fourth-order valence-electron chi connectivity index (χ4n) is 4.39. The fraction of sp³-hybridized carbons (Fsp3) is 0.458. The number of benzene rings is 1. The lowest BCUT2D eigenvalue weighted by Gasteiger charge is -2.32. The molecule has 0 unspecified atom stereocenters. The summed E-state index contributed by atoms with van der Waals surface area (Å²) in [5.41, 5.74) is 0.633. The van der Waals surface area contributed by atoms with Gasteiger partial charge in [0.05, 0.1) is 29.3 Å². The number of anilines is 4. The Bertz CT molecular complexity index is 1330. The molecule has 212 valence electrons. The van der Waals surface area contributed by atoms with Gasteiger partial charge in [0.25, 0.3) is 17.9 Å². The van der Waals surface area contributed by atoms with Crippen molar-refractivity contribution in [2.75, 3.05) is 58.4 Å². The Morgan fingerprint density at radius 2 is 1.74 bits per heavy atom. The second-order valence-electron chi connectivity index (χ2n) is 9.27. The van der Waals surface area contributed by atoms with E-state index in [1.807, 2.05) is 0 Å². The molecule has 1 aromatic heterocycles. The summed E-state index contributed by atoms with van der Waals surface area (Å²) in [6, 6.07) is 5.66. The van der Waals surface area contributed by atoms with E-state index in [-0.39, 0.29) is 80.5 Å². The van der Waals surface area contributed by atoms with Gasteiger partial charge in [-0.25, -0.2) is 22.2 Å².